The van der Waals surface area contributed by atoms with Crippen molar-refractivity contribution in [3.05, 3.63) is 58.6 Å². The van der Waals surface area contributed by atoms with Crippen LogP contribution in [0.25, 0.3) is 0 Å². The van der Waals surface area contributed by atoms with Crippen molar-refractivity contribution < 1.29 is 17.9 Å². The fraction of sp³-hybridized carbons (Fsp3) is 0.278. The van der Waals surface area contributed by atoms with Gasteiger partial charge in [0.1, 0.15) is 5.75 Å². The van der Waals surface area contributed by atoms with E-state index in [2.05, 4.69) is 15.9 Å². The van der Waals surface area contributed by atoms with E-state index >= 15 is 0 Å². The Bertz CT molecular complexity index is 892. The van der Waals surface area contributed by atoms with Crippen molar-refractivity contribution in [2.75, 3.05) is 33.3 Å². The fourth-order valence-corrected chi connectivity index (χ4v) is 4.57. The van der Waals surface area contributed by atoms with Crippen molar-refractivity contribution in [2.24, 2.45) is 0 Å². The first-order valence-corrected chi connectivity index (χ1v) is 10.3. The molecule has 6 nitrogen and oxygen atoms in total. The van der Waals surface area contributed by atoms with E-state index in [0.717, 1.165) is 4.47 Å². The monoisotopic (exact) mass is 438 g/mol. The minimum atomic E-state index is -3.56. The molecule has 26 heavy (non-hydrogen) atoms. The molecule has 1 fully saturated rings. The summed E-state index contributed by atoms with van der Waals surface area (Å²) in [6.45, 7) is 1.21. The van der Waals surface area contributed by atoms with Gasteiger partial charge >= 0.3 is 0 Å². The summed E-state index contributed by atoms with van der Waals surface area (Å²) in [6.07, 6.45) is 0. The smallest absolute Gasteiger partial charge is 0.257 e. The molecule has 2 aromatic carbocycles. The summed E-state index contributed by atoms with van der Waals surface area (Å²) < 4.78 is 32.9. The molecule has 3 rings (SSSR count). The molecule has 138 valence electrons. The number of sulfonamides is 1. The fourth-order valence-electron chi connectivity index (χ4n) is 2.88. The molecular weight excluding hydrogens is 420 g/mol. The molecule has 0 radical (unpaired) electrons. The van der Waals surface area contributed by atoms with Crippen LogP contribution in [0.2, 0.25) is 0 Å². The Hall–Kier alpha value is -1.90. The van der Waals surface area contributed by atoms with E-state index in [1.165, 1.54) is 11.4 Å². The number of halogens is 1. The van der Waals surface area contributed by atoms with Gasteiger partial charge in [-0.1, -0.05) is 28.1 Å². The summed E-state index contributed by atoms with van der Waals surface area (Å²) in [5, 5.41) is 0. The van der Waals surface area contributed by atoms with E-state index in [1.807, 2.05) is 0 Å². The van der Waals surface area contributed by atoms with Crippen LogP contribution in [0.15, 0.2) is 57.9 Å². The van der Waals surface area contributed by atoms with Crippen molar-refractivity contribution in [1.29, 1.82) is 0 Å². The van der Waals surface area contributed by atoms with Gasteiger partial charge in [-0.15, -0.1) is 0 Å². The lowest BCUT2D eigenvalue weighted by Gasteiger charge is -2.34. The van der Waals surface area contributed by atoms with Gasteiger partial charge in [0.15, 0.2) is 0 Å². The highest BCUT2D eigenvalue weighted by Gasteiger charge is 2.31. The minimum Gasteiger partial charge on any atom is -0.496 e. The van der Waals surface area contributed by atoms with Gasteiger partial charge in [-0.25, -0.2) is 8.42 Å². The first-order chi connectivity index (χ1) is 12.4. The Kier molecular flexibility index (Phi) is 5.64. The first-order valence-electron chi connectivity index (χ1n) is 8.11. The molecule has 0 unspecified atom stereocenters. The van der Waals surface area contributed by atoms with Gasteiger partial charge in [-0.3, -0.25) is 4.79 Å². The van der Waals surface area contributed by atoms with Crippen LogP contribution >= 0.6 is 15.9 Å². The van der Waals surface area contributed by atoms with Crippen LogP contribution in [0.1, 0.15) is 10.4 Å². The number of carbonyl (C=O) groups excluding carboxylic acids is 1. The second-order valence-electron chi connectivity index (χ2n) is 5.85. The van der Waals surface area contributed by atoms with Crippen LogP contribution in [-0.2, 0) is 10.0 Å². The maximum Gasteiger partial charge on any atom is 0.257 e. The summed E-state index contributed by atoms with van der Waals surface area (Å²) in [6, 6.07) is 13.6. The molecule has 8 heteroatoms. The van der Waals surface area contributed by atoms with E-state index in [-0.39, 0.29) is 23.9 Å². The second kappa shape index (κ2) is 7.77. The zero-order valence-electron chi connectivity index (χ0n) is 14.3. The standard InChI is InChI=1S/C18H19BrN2O4S/c1-25-17-5-3-2-4-16(17)18(22)20-10-12-21(13-11-20)26(23,24)15-8-6-14(19)7-9-15/h2-9H,10-13H2,1H3. The Morgan fingerprint density at radius 2 is 1.62 bits per heavy atom. The number of hydrogen-bond donors (Lipinski definition) is 0. The molecule has 0 spiro atoms. The molecule has 0 bridgehead atoms. The van der Waals surface area contributed by atoms with E-state index in [0.29, 0.717) is 24.4 Å². The normalized spacial score (nSPS) is 15.7. The van der Waals surface area contributed by atoms with Crippen molar-refractivity contribution in [3.63, 3.8) is 0 Å². The summed E-state index contributed by atoms with van der Waals surface area (Å²) in [5.74, 6) is 0.366. The molecule has 0 atom stereocenters. The highest BCUT2D eigenvalue weighted by atomic mass is 79.9. The number of amides is 1. The second-order valence-corrected chi connectivity index (χ2v) is 8.70. The van der Waals surface area contributed by atoms with E-state index in [4.69, 9.17) is 4.74 Å². The zero-order chi connectivity index (χ0) is 18.7. The van der Waals surface area contributed by atoms with Crippen LogP contribution in [-0.4, -0.2) is 56.8 Å². The molecule has 1 aliphatic rings. The SMILES string of the molecule is COc1ccccc1C(=O)N1CCN(S(=O)(=O)c2ccc(Br)cc2)CC1. The lowest BCUT2D eigenvalue weighted by atomic mass is 10.1. The molecule has 1 aliphatic heterocycles. The number of methoxy groups -OCH3 is 1. The van der Waals surface area contributed by atoms with Crippen LogP contribution in [0, 0.1) is 0 Å². The van der Waals surface area contributed by atoms with Gasteiger partial charge in [0.25, 0.3) is 5.91 Å². The largest absolute Gasteiger partial charge is 0.496 e. The summed E-state index contributed by atoms with van der Waals surface area (Å²) in [4.78, 5) is 14.6. The number of benzene rings is 2. The number of para-hydroxylation sites is 1. The Morgan fingerprint density at radius 1 is 1.00 bits per heavy atom. The molecule has 0 saturated carbocycles. The molecule has 0 aromatic heterocycles. The maximum absolute atomic E-state index is 12.7. The number of piperazine rings is 1. The van der Waals surface area contributed by atoms with Crippen LogP contribution in [0.3, 0.4) is 0 Å². The quantitative estimate of drug-likeness (QED) is 0.735. The van der Waals surface area contributed by atoms with Gasteiger partial charge in [-0.05, 0) is 36.4 Å². The lowest BCUT2D eigenvalue weighted by Crippen LogP contribution is -2.50. The van der Waals surface area contributed by atoms with Crippen LogP contribution in [0.4, 0.5) is 0 Å². The van der Waals surface area contributed by atoms with E-state index in [9.17, 15) is 13.2 Å². The van der Waals surface area contributed by atoms with Gasteiger partial charge in [-0.2, -0.15) is 4.31 Å². The topological polar surface area (TPSA) is 66.9 Å². The number of carbonyl (C=O) groups is 1. The Morgan fingerprint density at radius 3 is 2.23 bits per heavy atom. The third kappa shape index (κ3) is 3.77. The molecule has 1 saturated heterocycles. The van der Waals surface area contributed by atoms with Gasteiger partial charge in [0, 0.05) is 30.7 Å². The van der Waals surface area contributed by atoms with Crippen molar-refractivity contribution in [1.82, 2.24) is 9.21 Å². The average molecular weight is 439 g/mol. The molecular formula is C18H19BrN2O4S. The molecule has 0 aliphatic carbocycles. The number of nitrogens with zero attached hydrogens (tertiary/aromatic N) is 2. The van der Waals surface area contributed by atoms with Crippen molar-refractivity contribution in [3.8, 4) is 5.75 Å². The molecule has 0 N–H and O–H groups in total. The van der Waals surface area contributed by atoms with E-state index < -0.39 is 10.0 Å². The van der Waals surface area contributed by atoms with Crippen LogP contribution < -0.4 is 4.74 Å². The predicted octanol–water partition coefficient (Wildman–Crippen LogP) is 2.60. The lowest BCUT2D eigenvalue weighted by molar-refractivity contribution is 0.0694. The van der Waals surface area contributed by atoms with Crippen LogP contribution in [0.5, 0.6) is 5.75 Å². The third-order valence-corrected chi connectivity index (χ3v) is 6.76. The summed E-state index contributed by atoms with van der Waals surface area (Å²) >= 11 is 3.30. The third-order valence-electron chi connectivity index (χ3n) is 4.31. The van der Waals surface area contributed by atoms with Gasteiger partial charge in [0.2, 0.25) is 10.0 Å². The average Bonchev–Trinajstić information content (AvgIpc) is 2.68. The molecule has 1 amide bonds. The van der Waals surface area contributed by atoms with Crippen molar-refractivity contribution in [2.45, 2.75) is 4.90 Å². The van der Waals surface area contributed by atoms with Gasteiger partial charge < -0.3 is 9.64 Å². The molecule has 2 aromatic rings. The molecule has 1 heterocycles. The minimum absolute atomic E-state index is 0.150. The van der Waals surface area contributed by atoms with Gasteiger partial charge in [0.05, 0.1) is 17.6 Å². The predicted molar refractivity (Wildman–Crippen MR) is 102 cm³/mol. The number of rotatable bonds is 4. The Labute approximate surface area is 161 Å². The maximum atomic E-state index is 12.7. The highest BCUT2D eigenvalue weighted by molar-refractivity contribution is 9.10. The highest BCUT2D eigenvalue weighted by Crippen LogP contribution is 2.23. The first kappa shape index (κ1) is 18.9. The summed E-state index contributed by atoms with van der Waals surface area (Å²) in [5.41, 5.74) is 0.485. The Balaban J connectivity index is 1.71. The number of ether oxygens (including phenoxy) is 1. The summed E-state index contributed by atoms with van der Waals surface area (Å²) in [7, 11) is -2.03. The zero-order valence-corrected chi connectivity index (χ0v) is 16.7. The van der Waals surface area contributed by atoms with E-state index in [1.54, 1.807) is 53.4 Å². The van der Waals surface area contributed by atoms with Crippen molar-refractivity contribution >= 4 is 31.9 Å². The number of hydrogen-bond acceptors (Lipinski definition) is 4.